The van der Waals surface area contributed by atoms with Crippen molar-refractivity contribution >= 4 is 35.4 Å². The molecule has 2 aromatic rings. The first-order chi connectivity index (χ1) is 14.1. The number of hydrogen-bond acceptors (Lipinski definition) is 4. The van der Waals surface area contributed by atoms with Crippen molar-refractivity contribution in [3.63, 3.8) is 0 Å². The van der Waals surface area contributed by atoms with Crippen LogP contribution in [0.15, 0.2) is 41.3 Å². The van der Waals surface area contributed by atoms with Gasteiger partial charge in [0.1, 0.15) is 0 Å². The molecule has 0 aromatic heterocycles. The number of carbonyl (C=O) groups is 1. The maximum atomic E-state index is 13.4. The molecule has 0 N–H and O–H groups in total. The number of esters is 1. The molecule has 1 aliphatic heterocycles. The summed E-state index contributed by atoms with van der Waals surface area (Å²) in [5.41, 5.74) is 4.69. The molecule has 0 saturated carbocycles. The number of nitrogens with zero attached hydrogens (tertiary/aromatic N) is 1. The zero-order valence-corrected chi connectivity index (χ0v) is 20.7. The Hall–Kier alpha value is -1.66. The van der Waals surface area contributed by atoms with E-state index in [0.29, 0.717) is 13.0 Å². The quantitative estimate of drug-likeness (QED) is 0.458. The molecule has 1 saturated heterocycles. The van der Waals surface area contributed by atoms with Gasteiger partial charge in [0.2, 0.25) is 0 Å². The molecule has 30 heavy (non-hydrogen) atoms. The third-order valence-corrected chi connectivity index (χ3v) is 10.4. The summed E-state index contributed by atoms with van der Waals surface area (Å²) in [6.45, 7) is 10.5. The Balaban J connectivity index is 1.92. The molecule has 2 atom stereocenters. The normalized spacial score (nSPS) is 19.8. The number of carbonyl (C=O) groups excluding carboxylic acids is 1. The van der Waals surface area contributed by atoms with Crippen LogP contribution in [0.25, 0.3) is 0 Å². The van der Waals surface area contributed by atoms with E-state index < -0.39 is 22.0 Å². The van der Waals surface area contributed by atoms with Gasteiger partial charge in [-0.15, -0.1) is 0 Å². The van der Waals surface area contributed by atoms with Crippen molar-refractivity contribution in [3.8, 4) is 0 Å². The predicted octanol–water partition coefficient (Wildman–Crippen LogP) is 3.06. The van der Waals surface area contributed by atoms with Crippen molar-refractivity contribution in [2.24, 2.45) is 0 Å². The molecule has 0 radical (unpaired) electrons. The van der Waals surface area contributed by atoms with Crippen LogP contribution in [-0.2, 0) is 19.6 Å². The van der Waals surface area contributed by atoms with E-state index in [-0.39, 0.29) is 31.3 Å². The summed E-state index contributed by atoms with van der Waals surface area (Å²) in [4.78, 5) is 13.0. The van der Waals surface area contributed by atoms with Crippen LogP contribution in [0.2, 0.25) is 4.82 Å². The first kappa shape index (κ1) is 23.0. The monoisotopic (exact) mass is 495 g/mol. The van der Waals surface area contributed by atoms with Crippen molar-refractivity contribution in [2.75, 3.05) is 13.2 Å². The predicted molar refractivity (Wildman–Crippen MR) is 120 cm³/mol. The van der Waals surface area contributed by atoms with Crippen LogP contribution in [0.5, 0.6) is 0 Å². The van der Waals surface area contributed by atoms with E-state index in [2.05, 4.69) is 32.9 Å². The molecule has 0 aliphatic carbocycles. The molecule has 0 bridgehead atoms. The Morgan fingerprint density at radius 3 is 2.23 bits per heavy atom. The van der Waals surface area contributed by atoms with E-state index in [0.717, 1.165) is 5.56 Å². The molecule has 5 nitrogen and oxygen atoms in total. The van der Waals surface area contributed by atoms with Gasteiger partial charge in [0.05, 0.1) is 0 Å². The molecule has 1 heterocycles. The van der Waals surface area contributed by atoms with Gasteiger partial charge in [0.25, 0.3) is 0 Å². The topological polar surface area (TPSA) is 63.7 Å². The van der Waals surface area contributed by atoms with Crippen LogP contribution >= 0.6 is 0 Å². The summed E-state index contributed by atoms with van der Waals surface area (Å²) in [7, 11) is -3.78. The van der Waals surface area contributed by atoms with E-state index in [4.69, 9.17) is 4.74 Å². The zero-order chi connectivity index (χ0) is 22.1. The van der Waals surface area contributed by atoms with E-state index in [1.165, 1.54) is 25.5 Å². The van der Waals surface area contributed by atoms with Gasteiger partial charge < -0.3 is 0 Å². The molecule has 2 aromatic carbocycles. The van der Waals surface area contributed by atoms with Crippen LogP contribution < -0.4 is 4.46 Å². The first-order valence-corrected chi connectivity index (χ1v) is 13.4. The number of sulfonamides is 1. The summed E-state index contributed by atoms with van der Waals surface area (Å²) in [5.74, 6) is -0.455. The second-order valence-electron chi connectivity index (χ2n) is 7.86. The van der Waals surface area contributed by atoms with Gasteiger partial charge in [-0.3, -0.25) is 0 Å². The molecule has 7 heteroatoms. The van der Waals surface area contributed by atoms with Gasteiger partial charge >= 0.3 is 186 Å². The number of benzene rings is 2. The Labute approximate surface area is 186 Å². The molecule has 0 unspecified atom stereocenters. The fourth-order valence-electron chi connectivity index (χ4n) is 3.94. The molecule has 0 spiro atoms. The average Bonchev–Trinajstić information content (AvgIpc) is 3.10. The Kier molecular flexibility index (Phi) is 7.08. The summed E-state index contributed by atoms with van der Waals surface area (Å²) in [6.07, 6.45) is 0.497. The van der Waals surface area contributed by atoms with Gasteiger partial charge in [-0.25, -0.2) is 0 Å². The van der Waals surface area contributed by atoms with Crippen LogP contribution in [-0.4, -0.2) is 52.8 Å². The molecule has 162 valence electrons. The fraction of sp³-hybridized carbons (Fsp3) is 0.435. The van der Waals surface area contributed by atoms with Gasteiger partial charge in [-0.2, -0.15) is 0 Å². The summed E-state index contributed by atoms with van der Waals surface area (Å²) in [6, 6.07) is 10.4. The van der Waals surface area contributed by atoms with Crippen LogP contribution in [0.3, 0.4) is 0 Å². The Bertz CT molecular complexity index is 1010. The van der Waals surface area contributed by atoms with Crippen molar-refractivity contribution < 1.29 is 17.9 Å². The number of ether oxygens (including phenoxy) is 1. The van der Waals surface area contributed by atoms with Gasteiger partial charge in [0.15, 0.2) is 0 Å². The molecular formula is C23H29NO4SSe. The third-order valence-electron chi connectivity index (χ3n) is 5.29. The van der Waals surface area contributed by atoms with Gasteiger partial charge in [-0.1, -0.05) is 0 Å². The van der Waals surface area contributed by atoms with Crippen LogP contribution in [0.1, 0.15) is 35.6 Å². The second kappa shape index (κ2) is 9.23. The summed E-state index contributed by atoms with van der Waals surface area (Å²) in [5, 5.41) is 0. The third kappa shape index (κ3) is 4.80. The van der Waals surface area contributed by atoms with E-state index in [9.17, 15) is 13.2 Å². The minimum atomic E-state index is -3.78. The minimum absolute atomic E-state index is 0.0597. The van der Waals surface area contributed by atoms with Crippen molar-refractivity contribution in [3.05, 3.63) is 58.7 Å². The first-order valence-electron chi connectivity index (χ1n) is 10.1. The number of hydrogen-bond donors (Lipinski definition) is 0. The number of rotatable bonds is 6. The molecule has 0 amide bonds. The number of aryl methyl sites for hydroxylation is 4. The Morgan fingerprint density at radius 2 is 1.67 bits per heavy atom. The molecule has 1 aliphatic rings. The SMILES string of the molecule is CCOC(=O)[C@@H]1C[C@H]([Se]c2c(C)cc(C)cc2C)CN1S(=O)(=O)c1ccc(C)cc1. The van der Waals surface area contributed by atoms with Crippen molar-refractivity contribution in [1.82, 2.24) is 4.31 Å². The van der Waals surface area contributed by atoms with E-state index in [1.807, 2.05) is 6.92 Å². The van der Waals surface area contributed by atoms with Crippen molar-refractivity contribution in [1.29, 1.82) is 0 Å². The van der Waals surface area contributed by atoms with E-state index in [1.54, 1.807) is 31.2 Å². The van der Waals surface area contributed by atoms with Gasteiger partial charge in [0, 0.05) is 0 Å². The molecule has 1 fully saturated rings. The van der Waals surface area contributed by atoms with Crippen molar-refractivity contribution in [2.45, 2.75) is 56.8 Å². The Morgan fingerprint density at radius 1 is 1.07 bits per heavy atom. The van der Waals surface area contributed by atoms with Crippen LogP contribution in [0, 0.1) is 27.7 Å². The van der Waals surface area contributed by atoms with E-state index >= 15 is 0 Å². The summed E-state index contributed by atoms with van der Waals surface area (Å²) >= 11 is 0.0597. The zero-order valence-electron chi connectivity index (χ0n) is 18.1. The molecular weight excluding hydrogens is 465 g/mol. The summed E-state index contributed by atoms with van der Waals surface area (Å²) < 4.78 is 34.6. The molecule has 3 rings (SSSR count). The second-order valence-corrected chi connectivity index (χ2v) is 12.5. The maximum absolute atomic E-state index is 13.4. The van der Waals surface area contributed by atoms with Crippen LogP contribution in [0.4, 0.5) is 0 Å². The average molecular weight is 495 g/mol. The standard InChI is InChI=1S/C23H29NO4SSe/c1-6-28-23(25)21-13-20(30-22-17(4)11-16(3)12-18(22)5)14-24(21)29(26,27)19-9-7-15(2)8-10-19/h7-12,20-21H,6,13-14H2,1-5H3/t20-,21-/m0/s1. The van der Waals surface area contributed by atoms with Gasteiger partial charge in [-0.05, 0) is 0 Å². The fourth-order valence-corrected chi connectivity index (χ4v) is 8.59.